The van der Waals surface area contributed by atoms with Crippen LogP contribution in [-0.4, -0.2) is 36.5 Å². The minimum absolute atomic E-state index is 0. The number of piperidine rings is 1. The summed E-state index contributed by atoms with van der Waals surface area (Å²) >= 11 is 0. The van der Waals surface area contributed by atoms with Gasteiger partial charge in [-0.2, -0.15) is 0 Å². The molecule has 2 aliphatic heterocycles. The van der Waals surface area contributed by atoms with Crippen molar-refractivity contribution in [2.24, 2.45) is 11.7 Å². The van der Waals surface area contributed by atoms with E-state index in [9.17, 15) is 4.79 Å². The van der Waals surface area contributed by atoms with Gasteiger partial charge in [0.05, 0.1) is 12.5 Å². The number of para-hydroxylation sites is 1. The van der Waals surface area contributed by atoms with Crippen molar-refractivity contribution in [3.63, 3.8) is 0 Å². The second kappa shape index (κ2) is 7.34. The average Bonchev–Trinajstić information content (AvgIpc) is 2.53. The summed E-state index contributed by atoms with van der Waals surface area (Å²) in [6.45, 7) is 4.33. The Labute approximate surface area is 138 Å². The summed E-state index contributed by atoms with van der Waals surface area (Å²) in [4.78, 5) is 14.9. The van der Waals surface area contributed by atoms with Crippen LogP contribution in [0.4, 0.5) is 0 Å². The van der Waals surface area contributed by atoms with Gasteiger partial charge in [0, 0.05) is 24.7 Å². The summed E-state index contributed by atoms with van der Waals surface area (Å²) in [6, 6.07) is 8.07. The molecule has 1 amide bonds. The highest BCUT2D eigenvalue weighted by atomic mass is 35.5. The van der Waals surface area contributed by atoms with E-state index in [2.05, 4.69) is 0 Å². The topological polar surface area (TPSA) is 55.6 Å². The van der Waals surface area contributed by atoms with Gasteiger partial charge in [0.25, 0.3) is 0 Å². The zero-order chi connectivity index (χ0) is 14.8. The number of fused-ring (bicyclic) bond motifs is 1. The Morgan fingerprint density at radius 2 is 2.14 bits per heavy atom. The first-order valence-corrected chi connectivity index (χ1v) is 7.93. The Morgan fingerprint density at radius 1 is 1.36 bits per heavy atom. The van der Waals surface area contributed by atoms with Crippen molar-refractivity contribution in [2.75, 3.05) is 19.7 Å². The summed E-state index contributed by atoms with van der Waals surface area (Å²) in [5, 5.41) is 0. The van der Waals surface area contributed by atoms with Crippen LogP contribution in [0.25, 0.3) is 0 Å². The SMILES string of the molecule is CC(N)C1CCCN(C(=O)C2CCOc3ccccc32)C1.Cl. The molecule has 2 aliphatic rings. The Morgan fingerprint density at radius 3 is 2.91 bits per heavy atom. The number of benzene rings is 1. The van der Waals surface area contributed by atoms with Gasteiger partial charge in [-0.1, -0.05) is 18.2 Å². The van der Waals surface area contributed by atoms with Crippen LogP contribution in [0.15, 0.2) is 24.3 Å². The Hall–Kier alpha value is -1.26. The average molecular weight is 325 g/mol. The van der Waals surface area contributed by atoms with Crippen LogP contribution < -0.4 is 10.5 Å². The molecule has 4 nitrogen and oxygen atoms in total. The van der Waals surface area contributed by atoms with Gasteiger partial charge in [-0.05, 0) is 38.2 Å². The van der Waals surface area contributed by atoms with Gasteiger partial charge >= 0.3 is 0 Å². The molecule has 2 N–H and O–H groups in total. The first-order valence-electron chi connectivity index (χ1n) is 7.93. The number of carbonyl (C=O) groups excluding carboxylic acids is 1. The van der Waals surface area contributed by atoms with Gasteiger partial charge in [-0.25, -0.2) is 0 Å². The maximum absolute atomic E-state index is 12.9. The fourth-order valence-electron chi connectivity index (χ4n) is 3.46. The molecular formula is C17H25ClN2O2. The molecule has 1 fully saturated rings. The largest absolute Gasteiger partial charge is 0.493 e. The third-order valence-electron chi connectivity index (χ3n) is 4.77. The number of nitrogens with zero attached hydrogens (tertiary/aromatic N) is 1. The number of amides is 1. The lowest BCUT2D eigenvalue weighted by Crippen LogP contribution is -2.47. The Balaban J connectivity index is 0.00000176. The van der Waals surface area contributed by atoms with Crippen molar-refractivity contribution < 1.29 is 9.53 Å². The number of carbonyl (C=O) groups is 1. The first kappa shape index (κ1) is 17.1. The van der Waals surface area contributed by atoms with Crippen molar-refractivity contribution in [3.05, 3.63) is 29.8 Å². The number of rotatable bonds is 2. The van der Waals surface area contributed by atoms with Gasteiger partial charge in [0.2, 0.25) is 5.91 Å². The normalized spacial score (nSPS) is 25.5. The highest BCUT2D eigenvalue weighted by Crippen LogP contribution is 2.35. The van der Waals surface area contributed by atoms with Crippen LogP contribution in [0.2, 0.25) is 0 Å². The van der Waals surface area contributed by atoms with E-state index < -0.39 is 0 Å². The van der Waals surface area contributed by atoms with E-state index in [0.717, 1.165) is 43.7 Å². The third kappa shape index (κ3) is 3.39. The molecule has 0 saturated carbocycles. The van der Waals surface area contributed by atoms with Crippen molar-refractivity contribution in [1.29, 1.82) is 0 Å². The van der Waals surface area contributed by atoms with Crippen molar-refractivity contribution in [3.8, 4) is 5.75 Å². The highest BCUT2D eigenvalue weighted by molar-refractivity contribution is 5.85. The molecule has 3 unspecified atom stereocenters. The van der Waals surface area contributed by atoms with Crippen LogP contribution in [0.1, 0.15) is 37.7 Å². The summed E-state index contributed by atoms with van der Waals surface area (Å²) in [5.74, 6) is 1.48. The number of ether oxygens (including phenoxy) is 1. The van der Waals surface area contributed by atoms with Gasteiger partial charge < -0.3 is 15.4 Å². The summed E-state index contributed by atoms with van der Waals surface area (Å²) in [6.07, 6.45) is 2.96. The number of nitrogens with two attached hydrogens (primary N) is 1. The van der Waals surface area contributed by atoms with Gasteiger partial charge in [-0.3, -0.25) is 4.79 Å². The van der Waals surface area contributed by atoms with E-state index in [1.54, 1.807) is 0 Å². The van der Waals surface area contributed by atoms with Crippen molar-refractivity contribution in [2.45, 2.75) is 38.1 Å². The predicted octanol–water partition coefficient (Wildman–Crippen LogP) is 2.56. The molecule has 5 heteroatoms. The third-order valence-corrected chi connectivity index (χ3v) is 4.77. The van der Waals surface area contributed by atoms with Crippen LogP contribution in [0.3, 0.4) is 0 Å². The lowest BCUT2D eigenvalue weighted by molar-refractivity contribution is -0.135. The summed E-state index contributed by atoms with van der Waals surface area (Å²) in [7, 11) is 0. The van der Waals surface area contributed by atoms with E-state index in [0.29, 0.717) is 12.5 Å². The van der Waals surface area contributed by atoms with E-state index in [1.807, 2.05) is 36.1 Å². The molecule has 2 heterocycles. The fourth-order valence-corrected chi connectivity index (χ4v) is 3.46. The molecule has 0 radical (unpaired) electrons. The first-order chi connectivity index (χ1) is 10.2. The summed E-state index contributed by atoms with van der Waals surface area (Å²) < 4.78 is 5.66. The molecule has 22 heavy (non-hydrogen) atoms. The van der Waals surface area contributed by atoms with Crippen LogP contribution >= 0.6 is 12.4 Å². The van der Waals surface area contributed by atoms with E-state index in [1.165, 1.54) is 0 Å². The van der Waals surface area contributed by atoms with E-state index in [-0.39, 0.29) is 30.3 Å². The number of likely N-dealkylation sites (tertiary alicyclic amines) is 1. The maximum Gasteiger partial charge on any atom is 0.230 e. The molecule has 1 aromatic carbocycles. The zero-order valence-corrected chi connectivity index (χ0v) is 13.8. The second-order valence-electron chi connectivity index (χ2n) is 6.27. The molecule has 3 atom stereocenters. The molecule has 3 rings (SSSR count). The quantitative estimate of drug-likeness (QED) is 0.909. The standard InChI is InChI=1S/C17H24N2O2.ClH/c1-12(18)13-5-4-9-19(11-13)17(20)15-8-10-21-16-7-3-2-6-14(15)16;/h2-3,6-7,12-13,15H,4-5,8-11,18H2,1H3;1H. The Kier molecular flexibility index (Phi) is 5.70. The molecule has 122 valence electrons. The van der Waals surface area contributed by atoms with E-state index in [4.69, 9.17) is 10.5 Å². The molecule has 0 bridgehead atoms. The molecule has 0 aliphatic carbocycles. The van der Waals surface area contributed by atoms with Gasteiger partial charge in [-0.15, -0.1) is 12.4 Å². The summed E-state index contributed by atoms with van der Waals surface area (Å²) in [5.41, 5.74) is 7.07. The van der Waals surface area contributed by atoms with Crippen molar-refractivity contribution >= 4 is 18.3 Å². The monoisotopic (exact) mass is 324 g/mol. The van der Waals surface area contributed by atoms with Gasteiger partial charge in [0.1, 0.15) is 5.75 Å². The zero-order valence-electron chi connectivity index (χ0n) is 13.0. The lowest BCUT2D eigenvalue weighted by Gasteiger charge is -2.37. The Bertz CT molecular complexity index is 521. The molecule has 0 spiro atoms. The molecule has 0 aromatic heterocycles. The molecule has 1 saturated heterocycles. The second-order valence-corrected chi connectivity index (χ2v) is 6.27. The van der Waals surface area contributed by atoms with Crippen LogP contribution in [0, 0.1) is 5.92 Å². The van der Waals surface area contributed by atoms with E-state index >= 15 is 0 Å². The minimum Gasteiger partial charge on any atom is -0.493 e. The van der Waals surface area contributed by atoms with Crippen molar-refractivity contribution in [1.82, 2.24) is 4.90 Å². The maximum atomic E-state index is 12.9. The number of hydrogen-bond donors (Lipinski definition) is 1. The smallest absolute Gasteiger partial charge is 0.230 e. The number of hydrogen-bond acceptors (Lipinski definition) is 3. The molecule has 1 aromatic rings. The molecular weight excluding hydrogens is 300 g/mol. The predicted molar refractivity (Wildman–Crippen MR) is 89.5 cm³/mol. The van der Waals surface area contributed by atoms with Crippen LogP contribution in [-0.2, 0) is 4.79 Å². The lowest BCUT2D eigenvalue weighted by atomic mass is 9.88. The highest BCUT2D eigenvalue weighted by Gasteiger charge is 2.33. The van der Waals surface area contributed by atoms with Crippen LogP contribution in [0.5, 0.6) is 5.75 Å². The fraction of sp³-hybridized carbons (Fsp3) is 0.588. The number of halogens is 1. The minimum atomic E-state index is -0.0539. The van der Waals surface area contributed by atoms with Gasteiger partial charge in [0.15, 0.2) is 0 Å².